The number of anilines is 1. The molecule has 21 heavy (non-hydrogen) atoms. The summed E-state index contributed by atoms with van der Waals surface area (Å²) in [5, 5.41) is 3.35. The molecule has 2 rings (SSSR count). The maximum Gasteiger partial charge on any atom is 0.262 e. The van der Waals surface area contributed by atoms with E-state index < -0.39 is 15.8 Å². The van der Waals surface area contributed by atoms with Crippen molar-refractivity contribution >= 4 is 27.3 Å². The van der Waals surface area contributed by atoms with Crippen molar-refractivity contribution in [1.82, 2.24) is 5.32 Å². The van der Waals surface area contributed by atoms with Crippen molar-refractivity contribution in [3.8, 4) is 0 Å². The number of halogens is 2. The second-order valence-corrected chi connectivity index (χ2v) is 6.48. The molecule has 0 bridgehead atoms. The van der Waals surface area contributed by atoms with Gasteiger partial charge in [-0.1, -0.05) is 17.7 Å². The molecule has 0 atom stereocenters. The fourth-order valence-corrected chi connectivity index (χ4v) is 3.28. The van der Waals surface area contributed by atoms with Crippen LogP contribution in [0.15, 0.2) is 47.4 Å². The van der Waals surface area contributed by atoms with E-state index in [1.165, 1.54) is 24.3 Å². The van der Waals surface area contributed by atoms with Gasteiger partial charge in [0.2, 0.25) is 0 Å². The van der Waals surface area contributed by atoms with Crippen molar-refractivity contribution in [3.05, 3.63) is 58.9 Å². The smallest absolute Gasteiger partial charge is 0.262 e. The van der Waals surface area contributed by atoms with Gasteiger partial charge in [0.15, 0.2) is 0 Å². The molecule has 0 unspecified atom stereocenters. The molecular weight excluding hydrogens is 315 g/mol. The molecule has 0 amide bonds. The Kier molecular flexibility index (Phi) is 4.82. The van der Waals surface area contributed by atoms with Crippen LogP contribution in [0, 0.1) is 5.82 Å². The molecule has 0 aliphatic carbocycles. The van der Waals surface area contributed by atoms with Crippen molar-refractivity contribution in [3.63, 3.8) is 0 Å². The number of hydrogen-bond acceptors (Lipinski definition) is 3. The third-order valence-corrected chi connectivity index (χ3v) is 4.50. The lowest BCUT2D eigenvalue weighted by Gasteiger charge is -2.12. The highest BCUT2D eigenvalue weighted by Gasteiger charge is 2.19. The predicted molar refractivity (Wildman–Crippen MR) is 81.4 cm³/mol. The summed E-state index contributed by atoms with van der Waals surface area (Å²) in [4.78, 5) is -0.0909. The molecule has 0 radical (unpaired) electrons. The highest BCUT2D eigenvalue weighted by Crippen LogP contribution is 2.22. The van der Waals surface area contributed by atoms with E-state index in [1.54, 1.807) is 19.2 Å². The quantitative estimate of drug-likeness (QED) is 0.887. The van der Waals surface area contributed by atoms with Crippen LogP contribution in [0.4, 0.5) is 10.1 Å². The molecule has 2 aromatic carbocycles. The Morgan fingerprint density at radius 2 is 1.81 bits per heavy atom. The maximum absolute atomic E-state index is 13.4. The summed E-state index contributed by atoms with van der Waals surface area (Å²) in [6.07, 6.45) is 0. The van der Waals surface area contributed by atoms with Crippen LogP contribution in [-0.4, -0.2) is 15.5 Å². The second kappa shape index (κ2) is 6.43. The van der Waals surface area contributed by atoms with Gasteiger partial charge in [0, 0.05) is 17.3 Å². The van der Waals surface area contributed by atoms with Gasteiger partial charge < -0.3 is 5.32 Å². The number of nitrogens with one attached hydrogen (secondary N) is 2. The molecule has 2 N–H and O–H groups in total. The molecule has 0 saturated carbocycles. The van der Waals surface area contributed by atoms with Gasteiger partial charge in [-0.3, -0.25) is 4.72 Å². The van der Waals surface area contributed by atoms with Crippen LogP contribution in [0.1, 0.15) is 5.56 Å². The first kappa shape index (κ1) is 15.8. The van der Waals surface area contributed by atoms with Crippen LogP contribution in [0.2, 0.25) is 5.02 Å². The molecule has 0 spiro atoms. The van der Waals surface area contributed by atoms with Gasteiger partial charge >= 0.3 is 0 Å². The van der Waals surface area contributed by atoms with Gasteiger partial charge in [-0.15, -0.1) is 0 Å². The average Bonchev–Trinajstić information content (AvgIpc) is 2.43. The molecular formula is C14H14ClFN2O2S. The zero-order valence-electron chi connectivity index (χ0n) is 11.2. The molecule has 4 nitrogen and oxygen atoms in total. The molecule has 112 valence electrons. The summed E-state index contributed by atoms with van der Waals surface area (Å²) in [6.45, 7) is 0.317. The fourth-order valence-electron chi connectivity index (χ4n) is 1.84. The van der Waals surface area contributed by atoms with Crippen molar-refractivity contribution in [2.45, 2.75) is 11.4 Å². The zero-order valence-corrected chi connectivity index (χ0v) is 12.8. The summed E-state index contributed by atoms with van der Waals surface area (Å²) in [5.41, 5.74) is 0.847. The standard InChI is InChI=1S/C14H14ClFN2O2S/c1-17-9-10-2-5-12(16)8-14(10)21(19,20)18-13-6-3-11(15)4-7-13/h2-8,17-18H,9H2,1H3. The lowest BCUT2D eigenvalue weighted by atomic mass is 10.2. The largest absolute Gasteiger partial charge is 0.316 e. The summed E-state index contributed by atoms with van der Waals surface area (Å²) >= 11 is 5.75. The van der Waals surface area contributed by atoms with Crippen LogP contribution in [-0.2, 0) is 16.6 Å². The van der Waals surface area contributed by atoms with E-state index in [-0.39, 0.29) is 4.90 Å². The van der Waals surface area contributed by atoms with E-state index in [0.717, 1.165) is 6.07 Å². The highest BCUT2D eigenvalue weighted by molar-refractivity contribution is 7.92. The van der Waals surface area contributed by atoms with E-state index in [0.29, 0.717) is 22.8 Å². The molecule has 0 heterocycles. The Hall–Kier alpha value is -1.63. The second-order valence-electron chi connectivity index (χ2n) is 4.39. The fraction of sp³-hybridized carbons (Fsp3) is 0.143. The van der Waals surface area contributed by atoms with Crippen LogP contribution >= 0.6 is 11.6 Å². The monoisotopic (exact) mass is 328 g/mol. The normalized spacial score (nSPS) is 11.4. The lowest BCUT2D eigenvalue weighted by molar-refractivity contribution is 0.592. The minimum absolute atomic E-state index is 0.0909. The van der Waals surface area contributed by atoms with Crippen LogP contribution in [0.25, 0.3) is 0 Å². The average molecular weight is 329 g/mol. The van der Waals surface area contributed by atoms with E-state index >= 15 is 0 Å². The first-order chi connectivity index (χ1) is 9.92. The number of sulfonamides is 1. The Balaban J connectivity index is 2.39. The lowest BCUT2D eigenvalue weighted by Crippen LogP contribution is -2.17. The number of benzene rings is 2. The van der Waals surface area contributed by atoms with Crippen molar-refractivity contribution in [1.29, 1.82) is 0 Å². The Labute approximate surface area is 128 Å². The van der Waals surface area contributed by atoms with E-state index in [4.69, 9.17) is 11.6 Å². The SMILES string of the molecule is CNCc1ccc(F)cc1S(=O)(=O)Nc1ccc(Cl)cc1. The summed E-state index contributed by atoms with van der Waals surface area (Å²) in [5.74, 6) is -0.605. The van der Waals surface area contributed by atoms with Gasteiger partial charge in [0.1, 0.15) is 5.82 Å². The maximum atomic E-state index is 13.4. The summed E-state index contributed by atoms with van der Waals surface area (Å²) in [7, 11) is -2.19. The molecule has 0 aromatic heterocycles. The van der Waals surface area contributed by atoms with Crippen LogP contribution < -0.4 is 10.0 Å². The molecule has 7 heteroatoms. The Bertz CT molecular complexity index is 733. The van der Waals surface area contributed by atoms with Crippen molar-refractivity contribution in [2.75, 3.05) is 11.8 Å². The zero-order chi connectivity index (χ0) is 15.5. The van der Waals surface area contributed by atoms with Gasteiger partial charge in [0.25, 0.3) is 10.0 Å². The first-order valence-corrected chi connectivity index (χ1v) is 8.00. The van der Waals surface area contributed by atoms with Gasteiger partial charge in [-0.2, -0.15) is 0 Å². The van der Waals surface area contributed by atoms with Crippen molar-refractivity contribution in [2.24, 2.45) is 0 Å². The van der Waals surface area contributed by atoms with Crippen LogP contribution in [0.3, 0.4) is 0 Å². The molecule has 2 aromatic rings. The van der Waals surface area contributed by atoms with E-state index in [1.807, 2.05) is 0 Å². The highest BCUT2D eigenvalue weighted by atomic mass is 35.5. The van der Waals surface area contributed by atoms with Crippen LogP contribution in [0.5, 0.6) is 0 Å². The third kappa shape index (κ3) is 3.93. The van der Waals surface area contributed by atoms with Gasteiger partial charge in [-0.05, 0) is 49.0 Å². The van der Waals surface area contributed by atoms with Crippen molar-refractivity contribution < 1.29 is 12.8 Å². The van der Waals surface area contributed by atoms with E-state index in [2.05, 4.69) is 10.0 Å². The minimum Gasteiger partial charge on any atom is -0.316 e. The molecule has 0 saturated heterocycles. The van der Waals surface area contributed by atoms with Gasteiger partial charge in [0.05, 0.1) is 4.90 Å². The third-order valence-electron chi connectivity index (χ3n) is 2.78. The topological polar surface area (TPSA) is 58.2 Å². The first-order valence-electron chi connectivity index (χ1n) is 6.14. The Morgan fingerprint density at radius 1 is 1.14 bits per heavy atom. The molecule has 0 aliphatic heterocycles. The minimum atomic E-state index is -3.87. The molecule has 0 aliphatic rings. The summed E-state index contributed by atoms with van der Waals surface area (Å²) in [6, 6.07) is 9.90. The molecule has 0 fully saturated rings. The Morgan fingerprint density at radius 3 is 2.43 bits per heavy atom. The number of hydrogen-bond donors (Lipinski definition) is 2. The van der Waals surface area contributed by atoms with Gasteiger partial charge in [-0.25, -0.2) is 12.8 Å². The van der Waals surface area contributed by atoms with E-state index in [9.17, 15) is 12.8 Å². The number of rotatable bonds is 5. The summed E-state index contributed by atoms with van der Waals surface area (Å²) < 4.78 is 40.6. The predicted octanol–water partition coefficient (Wildman–Crippen LogP) is 3.00.